The lowest BCUT2D eigenvalue weighted by atomic mass is 10.2. The molecule has 1 aromatic heterocycles. The van der Waals surface area contributed by atoms with Gasteiger partial charge in [-0.15, -0.1) is 0 Å². The van der Waals surface area contributed by atoms with Gasteiger partial charge in [0, 0.05) is 23.8 Å². The molecular weight excluding hydrogens is 248 g/mol. The predicted octanol–water partition coefficient (Wildman–Crippen LogP) is 3.03. The minimum atomic E-state index is 0.528. The Balaban J connectivity index is 1.97. The number of halogens is 1. The van der Waals surface area contributed by atoms with Crippen LogP contribution in [0.1, 0.15) is 11.3 Å². The van der Waals surface area contributed by atoms with E-state index in [-0.39, 0.29) is 0 Å². The molecule has 0 atom stereocenters. The van der Waals surface area contributed by atoms with E-state index in [0.29, 0.717) is 6.61 Å². The van der Waals surface area contributed by atoms with E-state index < -0.39 is 0 Å². The molecule has 0 radical (unpaired) electrons. The van der Waals surface area contributed by atoms with Gasteiger partial charge in [-0.3, -0.25) is 4.98 Å². The molecule has 1 heterocycles. The van der Waals surface area contributed by atoms with Gasteiger partial charge in [0.05, 0.1) is 5.69 Å². The van der Waals surface area contributed by atoms with Gasteiger partial charge < -0.3 is 10.1 Å². The smallest absolute Gasteiger partial charge is 0.123 e. The zero-order chi connectivity index (χ0) is 12.8. The van der Waals surface area contributed by atoms with Crippen LogP contribution in [0, 0.1) is 0 Å². The van der Waals surface area contributed by atoms with E-state index in [4.69, 9.17) is 16.3 Å². The summed E-state index contributed by atoms with van der Waals surface area (Å²) in [6.45, 7) is 1.26. The first-order chi connectivity index (χ1) is 8.78. The number of aromatic nitrogens is 1. The lowest BCUT2D eigenvalue weighted by molar-refractivity contribution is 0.305. The molecule has 0 fully saturated rings. The molecule has 18 heavy (non-hydrogen) atoms. The normalized spacial score (nSPS) is 10.3. The van der Waals surface area contributed by atoms with Gasteiger partial charge in [0.1, 0.15) is 12.4 Å². The van der Waals surface area contributed by atoms with E-state index in [1.165, 1.54) is 0 Å². The molecule has 0 unspecified atom stereocenters. The molecule has 0 spiro atoms. The number of benzene rings is 1. The van der Waals surface area contributed by atoms with Crippen molar-refractivity contribution in [3.05, 3.63) is 58.9 Å². The maximum Gasteiger partial charge on any atom is 0.123 e. The molecule has 0 saturated carbocycles. The average Bonchev–Trinajstić information content (AvgIpc) is 2.39. The van der Waals surface area contributed by atoms with Crippen molar-refractivity contribution in [3.63, 3.8) is 0 Å². The topological polar surface area (TPSA) is 34.1 Å². The zero-order valence-corrected chi connectivity index (χ0v) is 10.9. The number of nitrogens with zero attached hydrogens (tertiary/aromatic N) is 1. The van der Waals surface area contributed by atoms with Crippen LogP contribution in [0.4, 0.5) is 0 Å². The minimum absolute atomic E-state index is 0.528. The fourth-order valence-electron chi connectivity index (χ4n) is 1.57. The van der Waals surface area contributed by atoms with E-state index in [1.54, 1.807) is 6.20 Å². The monoisotopic (exact) mass is 262 g/mol. The van der Waals surface area contributed by atoms with Gasteiger partial charge in [-0.2, -0.15) is 0 Å². The molecule has 2 rings (SSSR count). The van der Waals surface area contributed by atoms with E-state index in [0.717, 1.165) is 28.6 Å². The van der Waals surface area contributed by atoms with Crippen molar-refractivity contribution in [2.24, 2.45) is 0 Å². The number of pyridine rings is 1. The van der Waals surface area contributed by atoms with Gasteiger partial charge in [-0.1, -0.05) is 23.7 Å². The zero-order valence-electron chi connectivity index (χ0n) is 10.2. The Morgan fingerprint density at radius 2 is 2.00 bits per heavy atom. The highest BCUT2D eigenvalue weighted by Gasteiger charge is 1.99. The predicted molar refractivity (Wildman–Crippen MR) is 72.8 cm³/mol. The summed E-state index contributed by atoms with van der Waals surface area (Å²) in [4.78, 5) is 4.24. The molecule has 3 nitrogen and oxygen atoms in total. The van der Waals surface area contributed by atoms with Crippen LogP contribution in [-0.2, 0) is 13.2 Å². The van der Waals surface area contributed by atoms with Gasteiger partial charge in [-0.25, -0.2) is 0 Å². The molecular formula is C14H15ClN2O. The summed E-state index contributed by atoms with van der Waals surface area (Å²) in [6.07, 6.45) is 1.75. The molecule has 0 aliphatic heterocycles. The van der Waals surface area contributed by atoms with E-state index in [1.807, 2.05) is 43.4 Å². The fraction of sp³-hybridized carbons (Fsp3) is 0.214. The first-order valence-electron chi connectivity index (χ1n) is 5.74. The average molecular weight is 263 g/mol. The first-order valence-corrected chi connectivity index (χ1v) is 6.12. The summed E-state index contributed by atoms with van der Waals surface area (Å²) in [6, 6.07) is 11.4. The second-order valence-corrected chi connectivity index (χ2v) is 4.36. The van der Waals surface area contributed by atoms with Crippen LogP contribution < -0.4 is 10.1 Å². The molecule has 1 aromatic carbocycles. The Bertz CT molecular complexity index is 499. The second kappa shape index (κ2) is 6.38. The Kier molecular flexibility index (Phi) is 4.56. The van der Waals surface area contributed by atoms with Crippen molar-refractivity contribution in [1.29, 1.82) is 0 Å². The maximum atomic E-state index is 5.83. The first kappa shape index (κ1) is 12.9. The highest BCUT2D eigenvalue weighted by molar-refractivity contribution is 6.30. The van der Waals surface area contributed by atoms with Crippen molar-refractivity contribution in [1.82, 2.24) is 10.3 Å². The third-order valence-corrected chi connectivity index (χ3v) is 2.72. The van der Waals surface area contributed by atoms with E-state index in [2.05, 4.69) is 10.3 Å². The summed E-state index contributed by atoms with van der Waals surface area (Å²) >= 11 is 5.83. The lowest BCUT2D eigenvalue weighted by Gasteiger charge is -2.07. The maximum absolute atomic E-state index is 5.83. The Labute approximate surface area is 112 Å². The fourth-order valence-corrected chi connectivity index (χ4v) is 1.70. The number of hydrogen-bond donors (Lipinski definition) is 1. The van der Waals surface area contributed by atoms with Crippen LogP contribution in [0.2, 0.25) is 5.02 Å². The van der Waals surface area contributed by atoms with Crippen molar-refractivity contribution in [2.75, 3.05) is 7.05 Å². The van der Waals surface area contributed by atoms with Crippen LogP contribution >= 0.6 is 11.6 Å². The summed E-state index contributed by atoms with van der Waals surface area (Å²) in [5.41, 5.74) is 2.05. The number of nitrogens with one attached hydrogen (secondary N) is 1. The Morgan fingerprint density at radius 3 is 2.72 bits per heavy atom. The van der Waals surface area contributed by atoms with Crippen LogP contribution in [0.3, 0.4) is 0 Å². The van der Waals surface area contributed by atoms with Crippen molar-refractivity contribution in [3.8, 4) is 5.75 Å². The molecule has 0 amide bonds. The molecule has 0 saturated heterocycles. The van der Waals surface area contributed by atoms with Crippen molar-refractivity contribution < 1.29 is 4.74 Å². The molecule has 94 valence electrons. The number of rotatable bonds is 5. The largest absolute Gasteiger partial charge is 0.489 e. The quantitative estimate of drug-likeness (QED) is 0.899. The van der Waals surface area contributed by atoms with Crippen molar-refractivity contribution >= 4 is 11.6 Å². The molecule has 0 bridgehead atoms. The highest BCUT2D eigenvalue weighted by Crippen LogP contribution is 2.15. The van der Waals surface area contributed by atoms with Crippen LogP contribution in [0.25, 0.3) is 0 Å². The highest BCUT2D eigenvalue weighted by atomic mass is 35.5. The van der Waals surface area contributed by atoms with Gasteiger partial charge >= 0.3 is 0 Å². The standard InChI is InChI=1S/C14H15ClN2O/c1-16-9-13-8-14(6-7-17-13)18-10-11-2-4-12(15)5-3-11/h2-8,16H,9-10H2,1H3. The molecule has 1 N–H and O–H groups in total. The van der Waals surface area contributed by atoms with Gasteiger partial charge in [-0.05, 0) is 30.8 Å². The summed E-state index contributed by atoms with van der Waals surface area (Å²) in [5, 5.41) is 3.79. The van der Waals surface area contributed by atoms with Gasteiger partial charge in [0.2, 0.25) is 0 Å². The van der Waals surface area contributed by atoms with E-state index in [9.17, 15) is 0 Å². The molecule has 2 aromatic rings. The summed E-state index contributed by atoms with van der Waals surface area (Å²) in [7, 11) is 1.89. The van der Waals surface area contributed by atoms with Crippen molar-refractivity contribution in [2.45, 2.75) is 13.2 Å². The number of ether oxygens (including phenoxy) is 1. The Morgan fingerprint density at radius 1 is 1.22 bits per heavy atom. The SMILES string of the molecule is CNCc1cc(OCc2ccc(Cl)cc2)ccn1. The third kappa shape index (κ3) is 3.72. The summed E-state index contributed by atoms with van der Waals surface area (Å²) < 4.78 is 5.71. The molecule has 4 heteroatoms. The van der Waals surface area contributed by atoms with Gasteiger partial charge in [0.25, 0.3) is 0 Å². The van der Waals surface area contributed by atoms with Crippen LogP contribution in [0.15, 0.2) is 42.6 Å². The lowest BCUT2D eigenvalue weighted by Crippen LogP contribution is -2.07. The number of hydrogen-bond acceptors (Lipinski definition) is 3. The van der Waals surface area contributed by atoms with E-state index >= 15 is 0 Å². The second-order valence-electron chi connectivity index (χ2n) is 3.93. The Hall–Kier alpha value is -1.58. The van der Waals surface area contributed by atoms with Gasteiger partial charge in [0.15, 0.2) is 0 Å². The molecule has 0 aliphatic rings. The van der Waals surface area contributed by atoms with Crippen LogP contribution in [-0.4, -0.2) is 12.0 Å². The summed E-state index contributed by atoms with van der Waals surface area (Å²) in [5.74, 6) is 0.824. The molecule has 0 aliphatic carbocycles. The third-order valence-electron chi connectivity index (χ3n) is 2.46. The van der Waals surface area contributed by atoms with Crippen LogP contribution in [0.5, 0.6) is 5.75 Å². The minimum Gasteiger partial charge on any atom is -0.489 e.